The van der Waals surface area contributed by atoms with Gasteiger partial charge in [-0.05, 0) is 39.2 Å². The normalized spacial score (nSPS) is 13.6. The lowest BCUT2D eigenvalue weighted by Crippen LogP contribution is -2.66. The van der Waals surface area contributed by atoms with Crippen LogP contribution in [0.25, 0.3) is 0 Å². The Hall–Kier alpha value is -2.73. The second kappa shape index (κ2) is 10.3. The Balaban J connectivity index is 1.92. The molecule has 3 aromatic carbocycles. The average Bonchev–Trinajstić information content (AvgIpc) is 2.81. The third kappa shape index (κ3) is 5.01. The predicted octanol–water partition coefficient (Wildman–Crippen LogP) is 5.16. The third-order valence-electron chi connectivity index (χ3n) is 5.69. The maximum absolute atomic E-state index is 14.9. The molecule has 1 atom stereocenters. The van der Waals surface area contributed by atoms with Gasteiger partial charge in [-0.25, -0.2) is 4.39 Å². The second-order valence-electron chi connectivity index (χ2n) is 8.74. The zero-order chi connectivity index (χ0) is 23.2. The summed E-state index contributed by atoms with van der Waals surface area (Å²) in [6, 6.07) is 27.1. The number of rotatable bonds is 8. The monoisotopic (exact) mass is 450 g/mol. The van der Waals surface area contributed by atoms with Gasteiger partial charge in [-0.15, -0.1) is 0 Å². The number of hydrogen-bond acceptors (Lipinski definition) is 3. The van der Waals surface area contributed by atoms with Gasteiger partial charge in [0.25, 0.3) is 8.32 Å². The van der Waals surface area contributed by atoms with Crippen LogP contribution in [0.3, 0.4) is 0 Å². The first-order chi connectivity index (χ1) is 15.3. The molecule has 3 rings (SSSR count). The molecule has 168 valence electrons. The van der Waals surface area contributed by atoms with E-state index in [1.54, 1.807) is 31.4 Å². The van der Waals surface area contributed by atoms with Gasteiger partial charge in [-0.2, -0.15) is 0 Å². The standard InChI is InChI=1S/C27H31FO3Si/c1-27(2,3)32(23-11-7-5-8-12-23,24-13-9-6-10-14-24)31-20-19-25(28)26(29)21-15-17-22(30-4)18-16-21/h5-19,26,29H,20H2,1-4H3/b25-19+. The lowest BCUT2D eigenvalue weighted by atomic mass is 10.1. The van der Waals surface area contributed by atoms with Crippen LogP contribution in [-0.4, -0.2) is 27.1 Å². The van der Waals surface area contributed by atoms with Gasteiger partial charge in [-0.1, -0.05) is 93.6 Å². The van der Waals surface area contributed by atoms with Crippen LogP contribution in [-0.2, 0) is 4.43 Å². The molecule has 1 unspecified atom stereocenters. The Labute approximate surface area is 191 Å². The summed E-state index contributed by atoms with van der Waals surface area (Å²) in [6.07, 6.45) is -0.00230. The van der Waals surface area contributed by atoms with Crippen molar-refractivity contribution in [1.82, 2.24) is 0 Å². The Kier molecular flexibility index (Phi) is 7.67. The van der Waals surface area contributed by atoms with Crippen molar-refractivity contribution in [1.29, 1.82) is 0 Å². The molecular weight excluding hydrogens is 419 g/mol. The highest BCUT2D eigenvalue weighted by atomic mass is 28.4. The molecule has 0 aliphatic carbocycles. The molecule has 0 aliphatic rings. The van der Waals surface area contributed by atoms with E-state index in [9.17, 15) is 9.50 Å². The van der Waals surface area contributed by atoms with Crippen LogP contribution in [0.1, 0.15) is 32.4 Å². The van der Waals surface area contributed by atoms with Crippen LogP contribution in [0.5, 0.6) is 5.75 Å². The minimum absolute atomic E-state index is 0.0618. The van der Waals surface area contributed by atoms with Crippen LogP contribution in [0.4, 0.5) is 4.39 Å². The van der Waals surface area contributed by atoms with E-state index >= 15 is 0 Å². The van der Waals surface area contributed by atoms with E-state index in [2.05, 4.69) is 45.0 Å². The first-order valence-corrected chi connectivity index (χ1v) is 12.6. The number of hydrogen-bond donors (Lipinski definition) is 1. The lowest BCUT2D eigenvalue weighted by molar-refractivity contribution is 0.183. The molecule has 0 fully saturated rings. The Morgan fingerprint density at radius 1 is 0.906 bits per heavy atom. The van der Waals surface area contributed by atoms with Crippen molar-refractivity contribution < 1.29 is 18.7 Å². The smallest absolute Gasteiger partial charge is 0.261 e. The van der Waals surface area contributed by atoms with E-state index in [1.165, 1.54) is 6.08 Å². The summed E-state index contributed by atoms with van der Waals surface area (Å²) in [5.41, 5.74) is 0.463. The topological polar surface area (TPSA) is 38.7 Å². The quantitative estimate of drug-likeness (QED) is 0.482. The SMILES string of the molecule is COc1ccc(C(O)/C(F)=C\CO[Si](c2ccccc2)(c2ccccc2)C(C)(C)C)cc1. The summed E-state index contributed by atoms with van der Waals surface area (Å²) in [4.78, 5) is 0. The van der Waals surface area contributed by atoms with Crippen LogP contribution in [0, 0.1) is 0 Å². The highest BCUT2D eigenvalue weighted by Crippen LogP contribution is 2.37. The lowest BCUT2D eigenvalue weighted by Gasteiger charge is -2.42. The van der Waals surface area contributed by atoms with E-state index in [0.717, 1.165) is 10.4 Å². The molecule has 32 heavy (non-hydrogen) atoms. The van der Waals surface area contributed by atoms with Crippen LogP contribution in [0.15, 0.2) is 96.8 Å². The number of benzene rings is 3. The third-order valence-corrected chi connectivity index (χ3v) is 10.7. The maximum Gasteiger partial charge on any atom is 0.261 e. The highest BCUT2D eigenvalue weighted by molar-refractivity contribution is 6.99. The molecule has 0 saturated heterocycles. The van der Waals surface area contributed by atoms with Crippen molar-refractivity contribution in [2.24, 2.45) is 0 Å². The zero-order valence-electron chi connectivity index (χ0n) is 19.1. The van der Waals surface area contributed by atoms with Gasteiger partial charge in [0.1, 0.15) is 17.7 Å². The molecule has 0 spiro atoms. The van der Waals surface area contributed by atoms with Crippen LogP contribution >= 0.6 is 0 Å². The average molecular weight is 451 g/mol. The van der Waals surface area contributed by atoms with Gasteiger partial charge in [0, 0.05) is 0 Å². The molecule has 0 saturated carbocycles. The van der Waals surface area contributed by atoms with Gasteiger partial charge >= 0.3 is 0 Å². The number of ether oxygens (including phenoxy) is 1. The molecular formula is C27H31FO3Si. The summed E-state index contributed by atoms with van der Waals surface area (Å²) < 4.78 is 26.6. The minimum Gasteiger partial charge on any atom is -0.497 e. The van der Waals surface area contributed by atoms with Crippen molar-refractivity contribution in [3.8, 4) is 5.75 Å². The largest absolute Gasteiger partial charge is 0.497 e. The summed E-state index contributed by atoms with van der Waals surface area (Å²) >= 11 is 0. The molecule has 0 radical (unpaired) electrons. The van der Waals surface area contributed by atoms with Crippen molar-refractivity contribution in [3.63, 3.8) is 0 Å². The first kappa shape index (κ1) is 23.9. The molecule has 0 aromatic heterocycles. The van der Waals surface area contributed by atoms with Gasteiger partial charge in [0.2, 0.25) is 0 Å². The zero-order valence-corrected chi connectivity index (χ0v) is 20.1. The maximum atomic E-state index is 14.9. The molecule has 0 heterocycles. The Morgan fingerprint density at radius 3 is 1.84 bits per heavy atom. The van der Waals surface area contributed by atoms with Crippen molar-refractivity contribution in [2.75, 3.05) is 13.7 Å². The van der Waals surface area contributed by atoms with Gasteiger partial charge in [-0.3, -0.25) is 0 Å². The first-order valence-electron chi connectivity index (χ1n) is 10.7. The van der Waals surface area contributed by atoms with E-state index in [0.29, 0.717) is 11.3 Å². The molecule has 1 N–H and O–H groups in total. The van der Waals surface area contributed by atoms with Gasteiger partial charge in [0.05, 0.1) is 13.7 Å². The number of halogens is 1. The van der Waals surface area contributed by atoms with E-state index in [1.807, 2.05) is 36.4 Å². The Morgan fingerprint density at radius 2 is 1.41 bits per heavy atom. The molecule has 3 nitrogen and oxygen atoms in total. The second-order valence-corrected chi connectivity index (χ2v) is 13.0. The van der Waals surface area contributed by atoms with Gasteiger partial charge < -0.3 is 14.3 Å². The van der Waals surface area contributed by atoms with Crippen LogP contribution < -0.4 is 15.1 Å². The fourth-order valence-electron chi connectivity index (χ4n) is 4.06. The number of aliphatic hydroxyl groups excluding tert-OH is 1. The number of aliphatic hydroxyl groups is 1. The van der Waals surface area contributed by atoms with Crippen molar-refractivity contribution in [2.45, 2.75) is 31.9 Å². The van der Waals surface area contributed by atoms with Crippen molar-refractivity contribution in [3.05, 3.63) is 102 Å². The fraction of sp³-hybridized carbons (Fsp3) is 0.259. The number of methoxy groups -OCH3 is 1. The molecule has 5 heteroatoms. The molecule has 0 aliphatic heterocycles. The summed E-state index contributed by atoms with van der Waals surface area (Å²) in [7, 11) is -1.19. The molecule has 3 aromatic rings. The Bertz CT molecular complexity index is 973. The summed E-state index contributed by atoms with van der Waals surface area (Å²) in [5, 5.41) is 12.5. The molecule has 0 amide bonds. The van der Waals surface area contributed by atoms with Crippen molar-refractivity contribution >= 4 is 18.7 Å². The summed E-state index contributed by atoms with van der Waals surface area (Å²) in [6.45, 7) is 6.58. The summed E-state index contributed by atoms with van der Waals surface area (Å²) in [5.74, 6) is 0.0217. The van der Waals surface area contributed by atoms with E-state index in [-0.39, 0.29) is 11.6 Å². The van der Waals surface area contributed by atoms with Crippen LogP contribution in [0.2, 0.25) is 5.04 Å². The minimum atomic E-state index is -2.75. The van der Waals surface area contributed by atoms with Gasteiger partial charge in [0.15, 0.2) is 0 Å². The van der Waals surface area contributed by atoms with E-state index in [4.69, 9.17) is 9.16 Å². The van der Waals surface area contributed by atoms with E-state index < -0.39 is 20.2 Å². The molecule has 0 bridgehead atoms. The predicted molar refractivity (Wildman–Crippen MR) is 131 cm³/mol. The highest BCUT2D eigenvalue weighted by Gasteiger charge is 2.49. The fourth-order valence-corrected chi connectivity index (χ4v) is 8.55.